The van der Waals surface area contributed by atoms with Crippen molar-refractivity contribution in [3.8, 4) is 0 Å². The summed E-state index contributed by atoms with van der Waals surface area (Å²) in [6.07, 6.45) is 1.53. The summed E-state index contributed by atoms with van der Waals surface area (Å²) in [5.74, 6) is -0.438. The summed E-state index contributed by atoms with van der Waals surface area (Å²) in [7, 11) is -3.58. The number of halogens is 1. The maximum atomic E-state index is 13.2. The van der Waals surface area contributed by atoms with Crippen molar-refractivity contribution >= 4 is 39.1 Å². The van der Waals surface area contributed by atoms with Crippen molar-refractivity contribution in [1.82, 2.24) is 10.2 Å². The highest BCUT2D eigenvalue weighted by atomic mass is 35.5. The predicted octanol–water partition coefficient (Wildman–Crippen LogP) is 4.06. The Morgan fingerprint density at radius 1 is 1.12 bits per heavy atom. The van der Waals surface area contributed by atoms with Crippen molar-refractivity contribution in [2.75, 3.05) is 23.7 Å². The van der Waals surface area contributed by atoms with Gasteiger partial charge < -0.3 is 10.2 Å². The molecule has 1 unspecified atom stereocenters. The van der Waals surface area contributed by atoms with Gasteiger partial charge in [0, 0.05) is 31.1 Å². The number of nitrogens with one attached hydrogen (secondary N) is 1. The first-order chi connectivity index (χ1) is 15.9. The van der Waals surface area contributed by atoms with Crippen molar-refractivity contribution in [3.05, 3.63) is 64.2 Å². The molecule has 0 saturated carbocycles. The van der Waals surface area contributed by atoms with E-state index in [9.17, 15) is 18.0 Å². The molecule has 186 valence electrons. The molecule has 0 spiro atoms. The van der Waals surface area contributed by atoms with E-state index in [4.69, 9.17) is 11.6 Å². The molecule has 0 heterocycles. The normalized spacial score (nSPS) is 12.2. The largest absolute Gasteiger partial charge is 0.355 e. The lowest BCUT2D eigenvalue weighted by Gasteiger charge is -2.29. The van der Waals surface area contributed by atoms with Crippen LogP contribution in [0.4, 0.5) is 5.69 Å². The van der Waals surface area contributed by atoms with Gasteiger partial charge in [-0.25, -0.2) is 8.42 Å². The van der Waals surface area contributed by atoms with E-state index in [0.29, 0.717) is 30.2 Å². The molecular formula is C25H34ClN3O4S. The van der Waals surface area contributed by atoms with E-state index in [1.807, 2.05) is 45.0 Å². The van der Waals surface area contributed by atoms with E-state index in [0.717, 1.165) is 22.9 Å². The Balaban J connectivity index is 2.19. The van der Waals surface area contributed by atoms with Gasteiger partial charge in [-0.2, -0.15) is 0 Å². The zero-order chi connectivity index (χ0) is 25.5. The third-order valence-electron chi connectivity index (χ3n) is 5.55. The predicted molar refractivity (Wildman–Crippen MR) is 137 cm³/mol. The molecule has 0 aliphatic carbocycles. The van der Waals surface area contributed by atoms with E-state index < -0.39 is 16.1 Å². The average Bonchev–Trinajstić information content (AvgIpc) is 2.75. The van der Waals surface area contributed by atoms with Gasteiger partial charge in [0.05, 0.1) is 11.9 Å². The molecule has 9 heteroatoms. The number of sulfonamides is 1. The Morgan fingerprint density at radius 3 is 2.44 bits per heavy atom. The summed E-state index contributed by atoms with van der Waals surface area (Å²) < 4.78 is 26.2. The smallest absolute Gasteiger partial charge is 0.242 e. The van der Waals surface area contributed by atoms with Crippen LogP contribution in [0, 0.1) is 13.8 Å². The fraction of sp³-hybridized carbons (Fsp3) is 0.440. The fourth-order valence-corrected chi connectivity index (χ4v) is 4.93. The molecule has 0 fully saturated rings. The molecule has 0 bridgehead atoms. The summed E-state index contributed by atoms with van der Waals surface area (Å²) in [5, 5.41) is 3.21. The lowest BCUT2D eigenvalue weighted by Crippen LogP contribution is -2.47. The Bertz CT molecular complexity index is 1120. The standard InChI is InChI=1S/C25H34ClN3O4S/c1-6-27-25(31)20(4)28(17-21-10-7-9-18(2)15-21)24(30)11-8-14-29(34(5,32)33)23-16-22(26)13-12-19(23)3/h7,9-10,12-13,15-16,20H,6,8,11,14,17H2,1-5H3,(H,27,31). The van der Waals surface area contributed by atoms with Crippen LogP contribution in [0.15, 0.2) is 42.5 Å². The summed E-state index contributed by atoms with van der Waals surface area (Å²) in [5.41, 5.74) is 3.26. The van der Waals surface area contributed by atoms with Crippen LogP contribution in [0.3, 0.4) is 0 Å². The van der Waals surface area contributed by atoms with Crippen molar-refractivity contribution in [3.63, 3.8) is 0 Å². The molecule has 0 radical (unpaired) electrons. The quantitative estimate of drug-likeness (QED) is 0.497. The van der Waals surface area contributed by atoms with Gasteiger partial charge in [0.25, 0.3) is 0 Å². The number of carbonyl (C=O) groups excluding carboxylic acids is 2. The molecule has 2 rings (SSSR count). The third-order valence-corrected chi connectivity index (χ3v) is 6.96. The van der Waals surface area contributed by atoms with Gasteiger partial charge in [-0.15, -0.1) is 0 Å². The molecule has 2 aromatic carbocycles. The molecular weight excluding hydrogens is 474 g/mol. The number of rotatable bonds is 11. The van der Waals surface area contributed by atoms with Gasteiger partial charge in [-0.05, 0) is 57.4 Å². The van der Waals surface area contributed by atoms with Gasteiger partial charge >= 0.3 is 0 Å². The van der Waals surface area contributed by atoms with Crippen LogP contribution in [-0.2, 0) is 26.2 Å². The minimum Gasteiger partial charge on any atom is -0.355 e. The van der Waals surface area contributed by atoms with Gasteiger partial charge in [0.15, 0.2) is 0 Å². The molecule has 0 saturated heterocycles. The van der Waals surface area contributed by atoms with Gasteiger partial charge in [-0.3, -0.25) is 13.9 Å². The van der Waals surface area contributed by atoms with Crippen molar-refractivity contribution in [2.24, 2.45) is 0 Å². The van der Waals surface area contributed by atoms with E-state index in [2.05, 4.69) is 5.32 Å². The summed E-state index contributed by atoms with van der Waals surface area (Å²) in [6.45, 7) is 8.21. The molecule has 0 aromatic heterocycles. The lowest BCUT2D eigenvalue weighted by atomic mass is 10.1. The number of hydrogen-bond acceptors (Lipinski definition) is 4. The number of aryl methyl sites for hydroxylation is 2. The number of benzene rings is 2. The molecule has 7 nitrogen and oxygen atoms in total. The Morgan fingerprint density at radius 2 is 1.82 bits per heavy atom. The minimum atomic E-state index is -3.58. The van der Waals surface area contributed by atoms with Crippen LogP contribution >= 0.6 is 11.6 Å². The number of hydrogen-bond donors (Lipinski definition) is 1. The fourth-order valence-electron chi connectivity index (χ4n) is 3.75. The maximum Gasteiger partial charge on any atom is 0.242 e. The second-order valence-corrected chi connectivity index (χ2v) is 10.8. The highest BCUT2D eigenvalue weighted by Crippen LogP contribution is 2.27. The average molecular weight is 508 g/mol. The van der Waals surface area contributed by atoms with Gasteiger partial charge in [0.1, 0.15) is 6.04 Å². The first-order valence-corrected chi connectivity index (χ1v) is 13.5. The van der Waals surface area contributed by atoms with E-state index in [1.54, 1.807) is 30.0 Å². The minimum absolute atomic E-state index is 0.0984. The molecule has 2 aromatic rings. The van der Waals surface area contributed by atoms with Gasteiger partial charge in [-0.1, -0.05) is 47.5 Å². The summed E-state index contributed by atoms with van der Waals surface area (Å²) >= 11 is 6.10. The van der Waals surface area contributed by atoms with E-state index in [-0.39, 0.29) is 24.8 Å². The highest BCUT2D eigenvalue weighted by molar-refractivity contribution is 7.92. The van der Waals surface area contributed by atoms with Crippen LogP contribution in [0.25, 0.3) is 0 Å². The number of carbonyl (C=O) groups is 2. The van der Waals surface area contributed by atoms with Crippen LogP contribution in [0.1, 0.15) is 43.4 Å². The van der Waals surface area contributed by atoms with Crippen molar-refractivity contribution in [1.29, 1.82) is 0 Å². The Hall–Kier alpha value is -2.58. The summed E-state index contributed by atoms with van der Waals surface area (Å²) in [6, 6.07) is 12.2. The molecule has 1 atom stereocenters. The van der Waals surface area contributed by atoms with Crippen LogP contribution in [0.5, 0.6) is 0 Å². The molecule has 0 aliphatic heterocycles. The monoisotopic (exact) mass is 507 g/mol. The first-order valence-electron chi connectivity index (χ1n) is 11.3. The SMILES string of the molecule is CCNC(=O)C(C)N(Cc1cccc(C)c1)C(=O)CCCN(c1cc(Cl)ccc1C)S(C)(=O)=O. The second-order valence-electron chi connectivity index (χ2n) is 8.45. The number of amides is 2. The highest BCUT2D eigenvalue weighted by Gasteiger charge is 2.26. The first kappa shape index (κ1) is 27.7. The lowest BCUT2D eigenvalue weighted by molar-refractivity contribution is -0.140. The van der Waals surface area contributed by atoms with Gasteiger partial charge in [0.2, 0.25) is 21.8 Å². The summed E-state index contributed by atoms with van der Waals surface area (Å²) in [4.78, 5) is 27.3. The van der Waals surface area contributed by atoms with Crippen LogP contribution in [0.2, 0.25) is 5.02 Å². The van der Waals surface area contributed by atoms with E-state index >= 15 is 0 Å². The molecule has 2 amide bonds. The van der Waals surface area contributed by atoms with Crippen molar-refractivity contribution < 1.29 is 18.0 Å². The third kappa shape index (κ3) is 7.74. The molecule has 34 heavy (non-hydrogen) atoms. The maximum absolute atomic E-state index is 13.2. The van der Waals surface area contributed by atoms with E-state index in [1.165, 1.54) is 4.31 Å². The Labute approximate surface area is 208 Å². The number of anilines is 1. The molecule has 0 aliphatic rings. The zero-order valence-corrected chi connectivity index (χ0v) is 22.0. The topological polar surface area (TPSA) is 86.8 Å². The van der Waals surface area contributed by atoms with Crippen LogP contribution in [-0.4, -0.2) is 50.5 Å². The Kier molecular flexibility index (Phi) is 9.94. The van der Waals surface area contributed by atoms with Crippen molar-refractivity contribution in [2.45, 2.75) is 53.1 Å². The molecule has 1 N–H and O–H groups in total. The second kappa shape index (κ2) is 12.2. The number of nitrogens with zero attached hydrogens (tertiary/aromatic N) is 2. The number of likely N-dealkylation sites (N-methyl/N-ethyl adjacent to an activating group) is 1. The zero-order valence-electron chi connectivity index (χ0n) is 20.5. The van der Waals surface area contributed by atoms with Crippen LogP contribution < -0.4 is 9.62 Å².